The first-order chi connectivity index (χ1) is 12.8. The standard InChI is InChI=1S/C19H12ClFN2O3S/c20-15-8-12(11-22)9-18(19(15)24)27(25,26)23-17-10-14(6-7-16(17)21)13-4-2-1-3-5-13/h1-10,23-24H. The van der Waals surface area contributed by atoms with Crippen LogP contribution in [0.25, 0.3) is 11.1 Å². The molecule has 3 aromatic rings. The molecule has 5 nitrogen and oxygen atoms in total. The van der Waals surface area contributed by atoms with Crippen LogP contribution in [0, 0.1) is 17.1 Å². The van der Waals surface area contributed by atoms with Gasteiger partial charge in [0.2, 0.25) is 0 Å². The van der Waals surface area contributed by atoms with E-state index >= 15 is 0 Å². The van der Waals surface area contributed by atoms with Crippen molar-refractivity contribution in [3.63, 3.8) is 0 Å². The third-order valence-electron chi connectivity index (χ3n) is 3.76. The number of phenols is 1. The summed E-state index contributed by atoms with van der Waals surface area (Å²) in [5, 5.41) is 18.7. The molecule has 0 aliphatic heterocycles. The van der Waals surface area contributed by atoms with Crippen LogP contribution in [0.1, 0.15) is 5.56 Å². The zero-order valence-corrected chi connectivity index (χ0v) is 15.2. The summed E-state index contributed by atoms with van der Waals surface area (Å²) in [5.41, 5.74) is 1.02. The van der Waals surface area contributed by atoms with Gasteiger partial charge in [-0.1, -0.05) is 48.0 Å². The molecule has 0 aliphatic rings. The Morgan fingerprint density at radius 2 is 1.74 bits per heavy atom. The van der Waals surface area contributed by atoms with Crippen molar-refractivity contribution in [3.05, 3.63) is 77.1 Å². The molecule has 0 spiro atoms. The van der Waals surface area contributed by atoms with Crippen molar-refractivity contribution in [3.8, 4) is 22.9 Å². The van der Waals surface area contributed by atoms with E-state index < -0.39 is 26.5 Å². The first-order valence-corrected chi connectivity index (χ1v) is 9.48. The number of halogens is 2. The quantitative estimate of drug-likeness (QED) is 0.671. The Labute approximate surface area is 160 Å². The van der Waals surface area contributed by atoms with Crippen LogP contribution in [0.2, 0.25) is 5.02 Å². The van der Waals surface area contributed by atoms with Crippen LogP contribution in [0.15, 0.2) is 65.6 Å². The number of sulfonamides is 1. The highest BCUT2D eigenvalue weighted by Gasteiger charge is 2.23. The second-order valence-corrected chi connectivity index (χ2v) is 7.64. The van der Waals surface area contributed by atoms with Crippen LogP contribution < -0.4 is 4.72 Å². The smallest absolute Gasteiger partial charge is 0.265 e. The van der Waals surface area contributed by atoms with Crippen molar-refractivity contribution in [1.82, 2.24) is 0 Å². The van der Waals surface area contributed by atoms with Crippen LogP contribution in [-0.2, 0) is 10.0 Å². The summed E-state index contributed by atoms with van der Waals surface area (Å²) in [7, 11) is -4.40. The summed E-state index contributed by atoms with van der Waals surface area (Å²) < 4.78 is 41.6. The predicted molar refractivity (Wildman–Crippen MR) is 100 cm³/mol. The molecule has 2 N–H and O–H groups in total. The van der Waals surface area contributed by atoms with Gasteiger partial charge in [0.05, 0.1) is 22.3 Å². The average molecular weight is 403 g/mol. The lowest BCUT2D eigenvalue weighted by molar-refractivity contribution is 0.459. The van der Waals surface area contributed by atoms with Gasteiger partial charge in [0.1, 0.15) is 10.7 Å². The number of rotatable bonds is 4. The van der Waals surface area contributed by atoms with Crippen molar-refractivity contribution >= 4 is 27.3 Å². The lowest BCUT2D eigenvalue weighted by Crippen LogP contribution is -2.14. The molecule has 0 saturated carbocycles. The summed E-state index contributed by atoms with van der Waals surface area (Å²) >= 11 is 5.78. The fraction of sp³-hybridized carbons (Fsp3) is 0. The summed E-state index contributed by atoms with van der Waals surface area (Å²) in [4.78, 5) is -0.615. The van der Waals surface area contributed by atoms with E-state index in [4.69, 9.17) is 16.9 Å². The highest BCUT2D eigenvalue weighted by Crippen LogP contribution is 2.34. The Kier molecular flexibility index (Phi) is 5.04. The van der Waals surface area contributed by atoms with E-state index in [-0.39, 0.29) is 16.3 Å². The lowest BCUT2D eigenvalue weighted by atomic mass is 10.1. The van der Waals surface area contributed by atoms with E-state index in [0.717, 1.165) is 23.8 Å². The molecule has 3 aromatic carbocycles. The summed E-state index contributed by atoms with van der Waals surface area (Å²) in [6, 6.07) is 16.9. The van der Waals surface area contributed by atoms with Crippen LogP contribution in [-0.4, -0.2) is 13.5 Å². The van der Waals surface area contributed by atoms with Gasteiger partial charge < -0.3 is 5.11 Å². The molecular formula is C19H12ClFN2O3S. The topological polar surface area (TPSA) is 90.2 Å². The molecule has 0 fully saturated rings. The molecule has 0 aromatic heterocycles. The van der Waals surface area contributed by atoms with E-state index in [1.54, 1.807) is 30.3 Å². The normalized spacial score (nSPS) is 11.0. The van der Waals surface area contributed by atoms with E-state index in [1.165, 1.54) is 12.1 Å². The molecule has 0 amide bonds. The van der Waals surface area contributed by atoms with Crippen LogP contribution >= 0.6 is 11.6 Å². The second-order valence-electron chi connectivity index (χ2n) is 5.58. The Bertz CT molecular complexity index is 1160. The molecule has 8 heteroatoms. The minimum absolute atomic E-state index is 0.0586. The first kappa shape index (κ1) is 18.7. The first-order valence-electron chi connectivity index (χ1n) is 7.62. The number of phenolic OH excluding ortho intramolecular Hbond substituents is 1. The van der Waals surface area contributed by atoms with Crippen LogP contribution in [0.3, 0.4) is 0 Å². The predicted octanol–water partition coefficient (Wildman–Crippen LogP) is 4.52. The molecule has 0 bridgehead atoms. The van der Waals surface area contributed by atoms with Crippen LogP contribution in [0.5, 0.6) is 5.75 Å². The Balaban J connectivity index is 2.05. The highest BCUT2D eigenvalue weighted by molar-refractivity contribution is 7.92. The number of anilines is 1. The zero-order valence-electron chi connectivity index (χ0n) is 13.6. The van der Waals surface area contributed by atoms with Crippen molar-refractivity contribution in [1.29, 1.82) is 5.26 Å². The molecule has 136 valence electrons. The monoisotopic (exact) mass is 402 g/mol. The molecule has 0 heterocycles. The molecule has 3 rings (SSSR count). The fourth-order valence-corrected chi connectivity index (χ4v) is 3.93. The van der Waals surface area contributed by atoms with Crippen molar-refractivity contribution in [2.24, 2.45) is 0 Å². The molecule has 0 atom stereocenters. The van der Waals surface area contributed by atoms with Gasteiger partial charge >= 0.3 is 0 Å². The second kappa shape index (κ2) is 7.27. The van der Waals surface area contributed by atoms with Gasteiger partial charge in [-0.3, -0.25) is 4.72 Å². The van der Waals surface area contributed by atoms with Crippen molar-refractivity contribution in [2.75, 3.05) is 4.72 Å². The summed E-state index contributed by atoms with van der Waals surface area (Å²) in [6.45, 7) is 0. The number of benzene rings is 3. The van der Waals surface area contributed by atoms with E-state index in [9.17, 15) is 17.9 Å². The molecule has 0 radical (unpaired) electrons. The van der Waals surface area contributed by atoms with E-state index in [0.29, 0.717) is 5.56 Å². The van der Waals surface area contributed by atoms with Crippen molar-refractivity contribution < 1.29 is 17.9 Å². The van der Waals surface area contributed by atoms with Gasteiger partial charge in [0.25, 0.3) is 10.0 Å². The number of hydrogen-bond donors (Lipinski definition) is 2. The fourth-order valence-electron chi connectivity index (χ4n) is 2.46. The van der Waals surface area contributed by atoms with Crippen molar-refractivity contribution in [2.45, 2.75) is 4.90 Å². The van der Waals surface area contributed by atoms with Gasteiger partial charge in [0, 0.05) is 0 Å². The summed E-state index contributed by atoms with van der Waals surface area (Å²) in [6.07, 6.45) is 0. The molecule has 0 unspecified atom stereocenters. The third-order valence-corrected chi connectivity index (χ3v) is 5.43. The Morgan fingerprint density at radius 1 is 1.04 bits per heavy atom. The van der Waals surface area contributed by atoms with Gasteiger partial charge in [-0.25, -0.2) is 12.8 Å². The zero-order chi connectivity index (χ0) is 19.6. The maximum Gasteiger partial charge on any atom is 0.265 e. The number of nitrogens with one attached hydrogen (secondary N) is 1. The van der Waals surface area contributed by atoms with Gasteiger partial charge in [-0.05, 0) is 35.4 Å². The average Bonchev–Trinajstić information content (AvgIpc) is 2.66. The van der Waals surface area contributed by atoms with E-state index in [1.807, 2.05) is 6.07 Å². The van der Waals surface area contributed by atoms with Gasteiger partial charge in [0.15, 0.2) is 5.75 Å². The maximum absolute atomic E-state index is 14.2. The Hall–Kier alpha value is -3.08. The molecule has 0 aliphatic carbocycles. The minimum atomic E-state index is -4.40. The number of aromatic hydroxyl groups is 1. The number of nitrogens with zero attached hydrogens (tertiary/aromatic N) is 1. The third kappa shape index (κ3) is 3.87. The number of hydrogen-bond acceptors (Lipinski definition) is 4. The maximum atomic E-state index is 14.2. The molecular weight excluding hydrogens is 391 g/mol. The minimum Gasteiger partial charge on any atom is -0.505 e. The molecule has 27 heavy (non-hydrogen) atoms. The van der Waals surface area contributed by atoms with Crippen LogP contribution in [0.4, 0.5) is 10.1 Å². The number of nitriles is 1. The molecule has 0 saturated heterocycles. The summed E-state index contributed by atoms with van der Waals surface area (Å²) in [5.74, 6) is -1.51. The largest absolute Gasteiger partial charge is 0.505 e. The highest BCUT2D eigenvalue weighted by atomic mass is 35.5. The lowest BCUT2D eigenvalue weighted by Gasteiger charge is -2.13. The Morgan fingerprint density at radius 3 is 2.41 bits per heavy atom. The SMILES string of the molecule is N#Cc1cc(Cl)c(O)c(S(=O)(=O)Nc2cc(-c3ccccc3)ccc2F)c1. The van der Waals surface area contributed by atoms with Gasteiger partial charge in [-0.2, -0.15) is 5.26 Å². The van der Waals surface area contributed by atoms with E-state index in [2.05, 4.69) is 4.72 Å². The van der Waals surface area contributed by atoms with Gasteiger partial charge in [-0.15, -0.1) is 0 Å².